The first-order valence-electron chi connectivity index (χ1n) is 11.3. The van der Waals surface area contributed by atoms with Crippen molar-refractivity contribution < 1.29 is 14.6 Å². The Kier molecular flexibility index (Phi) is 7.24. The van der Waals surface area contributed by atoms with Gasteiger partial charge in [0.25, 0.3) is 0 Å². The molecule has 0 spiro atoms. The summed E-state index contributed by atoms with van der Waals surface area (Å²) in [5.74, 6) is 0.920. The number of ether oxygens (including phenoxy) is 2. The zero-order chi connectivity index (χ0) is 22.6. The zero-order valence-electron chi connectivity index (χ0n) is 18.9. The fourth-order valence-electron chi connectivity index (χ4n) is 4.81. The Morgan fingerprint density at radius 2 is 1.78 bits per heavy atom. The van der Waals surface area contributed by atoms with Crippen LogP contribution in [0.4, 0.5) is 0 Å². The lowest BCUT2D eigenvalue weighted by molar-refractivity contribution is -0.0565. The number of benzene rings is 3. The molecule has 1 N–H and O–H groups in total. The maximum Gasteiger partial charge on any atom is 0.138 e. The van der Waals surface area contributed by atoms with E-state index >= 15 is 0 Å². The summed E-state index contributed by atoms with van der Waals surface area (Å²) in [7, 11) is 3.45. The summed E-state index contributed by atoms with van der Waals surface area (Å²) in [6.07, 6.45) is 4.89. The van der Waals surface area contributed by atoms with Gasteiger partial charge in [0.05, 0.1) is 17.7 Å². The molecule has 4 nitrogen and oxygen atoms in total. The minimum absolute atomic E-state index is 0.0607. The van der Waals surface area contributed by atoms with Crippen LogP contribution in [-0.2, 0) is 17.6 Å². The average Bonchev–Trinajstić information content (AvgIpc) is 2.82. The van der Waals surface area contributed by atoms with Crippen LogP contribution in [0.5, 0.6) is 11.5 Å². The number of likely N-dealkylation sites (tertiary alicyclic amines) is 1. The summed E-state index contributed by atoms with van der Waals surface area (Å²) < 4.78 is 11.3. The number of aryl methyl sites for hydroxylation is 1. The third-order valence-corrected chi connectivity index (χ3v) is 7.22. The van der Waals surface area contributed by atoms with E-state index in [9.17, 15) is 5.11 Å². The number of fused-ring (bicyclic) bond motifs is 1. The predicted octanol–water partition coefficient (Wildman–Crippen LogP) is 5.86. The monoisotopic (exact) mass is 453 g/mol. The van der Waals surface area contributed by atoms with Gasteiger partial charge in [-0.25, -0.2) is 0 Å². The summed E-state index contributed by atoms with van der Waals surface area (Å²) >= 11 is 6.40. The maximum absolute atomic E-state index is 10.5. The SMILES string of the molecule is COc1ccc2cc(CCCN3CCC(Cc4ccccc4)(OC)CC3)c(O)cc2c1Cl. The van der Waals surface area contributed by atoms with Gasteiger partial charge in [-0.3, -0.25) is 0 Å². The van der Waals surface area contributed by atoms with E-state index in [4.69, 9.17) is 21.1 Å². The van der Waals surface area contributed by atoms with Crippen molar-refractivity contribution in [3.63, 3.8) is 0 Å². The number of phenolic OH excluding ortho intramolecular Hbond substituents is 1. The molecular weight excluding hydrogens is 422 g/mol. The summed E-state index contributed by atoms with van der Waals surface area (Å²) in [6.45, 7) is 3.10. The minimum atomic E-state index is -0.0607. The second-order valence-corrected chi connectivity index (χ2v) is 9.16. The van der Waals surface area contributed by atoms with Gasteiger partial charge < -0.3 is 19.5 Å². The first-order chi connectivity index (χ1) is 15.5. The van der Waals surface area contributed by atoms with Gasteiger partial charge in [-0.2, -0.15) is 0 Å². The number of aromatic hydroxyl groups is 1. The predicted molar refractivity (Wildman–Crippen MR) is 131 cm³/mol. The van der Waals surface area contributed by atoms with E-state index in [-0.39, 0.29) is 5.60 Å². The Labute approximate surface area is 195 Å². The molecule has 1 saturated heterocycles. The Balaban J connectivity index is 1.32. The van der Waals surface area contributed by atoms with Crippen LogP contribution in [0.15, 0.2) is 54.6 Å². The van der Waals surface area contributed by atoms with E-state index in [0.717, 1.165) is 68.1 Å². The van der Waals surface area contributed by atoms with Gasteiger partial charge in [0, 0.05) is 32.0 Å². The molecule has 1 aliphatic heterocycles. The molecule has 170 valence electrons. The summed E-state index contributed by atoms with van der Waals surface area (Å²) in [5, 5.41) is 12.9. The van der Waals surface area contributed by atoms with Crippen molar-refractivity contribution in [1.82, 2.24) is 4.90 Å². The van der Waals surface area contributed by atoms with Crippen molar-refractivity contribution in [3.8, 4) is 11.5 Å². The van der Waals surface area contributed by atoms with Crippen LogP contribution in [0.2, 0.25) is 5.02 Å². The van der Waals surface area contributed by atoms with Crippen LogP contribution in [0, 0.1) is 0 Å². The molecule has 5 heteroatoms. The van der Waals surface area contributed by atoms with Crippen LogP contribution >= 0.6 is 11.6 Å². The van der Waals surface area contributed by atoms with Gasteiger partial charge in [-0.15, -0.1) is 0 Å². The van der Waals surface area contributed by atoms with Crippen molar-refractivity contribution in [3.05, 3.63) is 70.7 Å². The van der Waals surface area contributed by atoms with E-state index < -0.39 is 0 Å². The van der Waals surface area contributed by atoms with Crippen molar-refractivity contribution in [2.24, 2.45) is 0 Å². The van der Waals surface area contributed by atoms with Gasteiger partial charge in [0.1, 0.15) is 11.5 Å². The molecule has 32 heavy (non-hydrogen) atoms. The third kappa shape index (κ3) is 5.03. The van der Waals surface area contributed by atoms with E-state index in [1.807, 2.05) is 25.3 Å². The Bertz CT molecular complexity index is 1050. The van der Waals surface area contributed by atoms with E-state index in [2.05, 4.69) is 35.2 Å². The molecule has 4 rings (SSSR count). The van der Waals surface area contributed by atoms with Crippen molar-refractivity contribution in [2.45, 2.75) is 37.7 Å². The number of hydrogen-bond donors (Lipinski definition) is 1. The van der Waals surface area contributed by atoms with E-state index in [0.29, 0.717) is 16.5 Å². The van der Waals surface area contributed by atoms with Crippen LogP contribution < -0.4 is 4.74 Å². The molecule has 0 aliphatic carbocycles. The summed E-state index contributed by atoms with van der Waals surface area (Å²) in [5.41, 5.74) is 2.24. The fourth-order valence-corrected chi connectivity index (χ4v) is 5.11. The molecule has 0 bridgehead atoms. The number of hydrogen-bond acceptors (Lipinski definition) is 4. The normalized spacial score (nSPS) is 16.3. The fraction of sp³-hybridized carbons (Fsp3) is 0.407. The molecule has 0 amide bonds. The third-order valence-electron chi connectivity index (χ3n) is 6.83. The van der Waals surface area contributed by atoms with Crippen LogP contribution in [0.1, 0.15) is 30.4 Å². The molecule has 1 aliphatic rings. The van der Waals surface area contributed by atoms with Crippen molar-refractivity contribution in [1.29, 1.82) is 0 Å². The van der Waals surface area contributed by atoms with Crippen molar-refractivity contribution in [2.75, 3.05) is 33.9 Å². The lowest BCUT2D eigenvalue weighted by atomic mass is 9.85. The highest BCUT2D eigenvalue weighted by atomic mass is 35.5. The maximum atomic E-state index is 10.5. The molecule has 0 atom stereocenters. The summed E-state index contributed by atoms with van der Waals surface area (Å²) in [4.78, 5) is 2.52. The number of halogens is 1. The Morgan fingerprint density at radius 3 is 2.47 bits per heavy atom. The number of methoxy groups -OCH3 is 2. The van der Waals surface area contributed by atoms with Gasteiger partial charge >= 0.3 is 0 Å². The standard InChI is InChI=1S/C27H32ClNO3/c1-31-25-11-10-21-17-22(24(30)18-23(21)26(25)28)9-6-14-29-15-12-27(32-2,13-16-29)19-20-7-4-3-5-8-20/h3-5,7-8,10-11,17-18,30H,6,9,12-16,19H2,1-2H3. The van der Waals surface area contributed by atoms with E-state index in [1.165, 1.54) is 5.56 Å². The van der Waals surface area contributed by atoms with E-state index in [1.54, 1.807) is 13.2 Å². The molecule has 1 heterocycles. The first-order valence-corrected chi connectivity index (χ1v) is 11.7. The molecule has 3 aromatic carbocycles. The number of rotatable bonds is 8. The summed E-state index contributed by atoms with van der Waals surface area (Å²) in [6, 6.07) is 18.3. The first kappa shape index (κ1) is 22.9. The largest absolute Gasteiger partial charge is 0.508 e. The molecule has 0 saturated carbocycles. The van der Waals surface area contributed by atoms with Gasteiger partial charge in [0.2, 0.25) is 0 Å². The Morgan fingerprint density at radius 1 is 1.03 bits per heavy atom. The quantitative estimate of drug-likeness (QED) is 0.463. The van der Waals surface area contributed by atoms with Gasteiger partial charge in [-0.1, -0.05) is 48.0 Å². The molecule has 0 aromatic heterocycles. The highest BCUT2D eigenvalue weighted by Crippen LogP contribution is 2.36. The smallest absolute Gasteiger partial charge is 0.138 e. The molecule has 1 fully saturated rings. The number of nitrogens with zero attached hydrogens (tertiary/aromatic N) is 1. The minimum Gasteiger partial charge on any atom is -0.508 e. The van der Waals surface area contributed by atoms with Gasteiger partial charge in [0.15, 0.2) is 0 Å². The number of phenols is 1. The topological polar surface area (TPSA) is 41.9 Å². The zero-order valence-corrected chi connectivity index (χ0v) is 19.7. The highest BCUT2D eigenvalue weighted by Gasteiger charge is 2.34. The average molecular weight is 454 g/mol. The lowest BCUT2D eigenvalue weighted by Crippen LogP contribution is -2.47. The second kappa shape index (κ2) is 10.1. The van der Waals surface area contributed by atoms with Crippen molar-refractivity contribution >= 4 is 22.4 Å². The van der Waals surface area contributed by atoms with Crippen LogP contribution in [0.3, 0.4) is 0 Å². The molecule has 0 unspecified atom stereocenters. The van der Waals surface area contributed by atoms with Crippen LogP contribution in [0.25, 0.3) is 10.8 Å². The lowest BCUT2D eigenvalue weighted by Gasteiger charge is -2.41. The van der Waals surface area contributed by atoms with Crippen LogP contribution in [-0.4, -0.2) is 49.5 Å². The number of piperidine rings is 1. The molecule has 0 radical (unpaired) electrons. The molecular formula is C27H32ClNO3. The second-order valence-electron chi connectivity index (χ2n) is 8.78. The Hall–Kier alpha value is -2.27. The van der Waals surface area contributed by atoms with Gasteiger partial charge in [-0.05, 0) is 66.9 Å². The highest BCUT2D eigenvalue weighted by molar-refractivity contribution is 6.37. The molecule has 3 aromatic rings.